The molecule has 1 aromatic rings. The van der Waals surface area contributed by atoms with Crippen LogP contribution in [0.3, 0.4) is 0 Å². The van der Waals surface area contributed by atoms with Gasteiger partial charge in [-0.1, -0.05) is 11.3 Å². The minimum Gasteiger partial charge on any atom is -0.444 e. The van der Waals surface area contributed by atoms with Crippen LogP contribution in [-0.2, 0) is 4.74 Å². The first-order chi connectivity index (χ1) is 6.37. The van der Waals surface area contributed by atoms with Crippen LogP contribution in [0, 0.1) is 0 Å². The molecule has 0 aliphatic heterocycles. The van der Waals surface area contributed by atoms with Gasteiger partial charge in [0.05, 0.1) is 0 Å². The second-order valence-corrected chi connectivity index (χ2v) is 5.74. The Labute approximate surface area is 94.0 Å². The number of halogens is 1. The van der Waals surface area contributed by atoms with Crippen molar-refractivity contribution >= 4 is 38.5 Å². The lowest BCUT2D eigenvalue weighted by atomic mass is 10.2. The molecule has 7 heteroatoms. The average Bonchev–Trinajstić information content (AvgIpc) is 2.30. The largest absolute Gasteiger partial charge is 0.444 e. The Bertz CT molecular complexity index is 334. The molecule has 0 atom stereocenters. The summed E-state index contributed by atoms with van der Waals surface area (Å²) >= 11 is 4.36. The van der Waals surface area contributed by atoms with E-state index in [-0.39, 0.29) is 0 Å². The summed E-state index contributed by atoms with van der Waals surface area (Å²) in [5.41, 5.74) is -0.508. The van der Waals surface area contributed by atoms with Crippen molar-refractivity contribution in [3.8, 4) is 0 Å². The van der Waals surface area contributed by atoms with E-state index in [1.807, 2.05) is 0 Å². The quantitative estimate of drug-likeness (QED) is 0.858. The standard InChI is InChI=1S/C7H10BrN3O2S/c1-7(2,3)13-6(12)9-5-11-10-4(8)14-5/h1-3H3,(H,9,11,12). The number of hydrogen-bond acceptors (Lipinski definition) is 5. The van der Waals surface area contributed by atoms with Gasteiger partial charge in [-0.2, -0.15) is 0 Å². The number of carbonyl (C=O) groups is 1. The summed E-state index contributed by atoms with van der Waals surface area (Å²) in [5, 5.41) is 10.3. The van der Waals surface area contributed by atoms with Crippen molar-refractivity contribution in [1.29, 1.82) is 0 Å². The van der Waals surface area contributed by atoms with Crippen molar-refractivity contribution in [2.75, 3.05) is 5.32 Å². The molecule has 5 nitrogen and oxygen atoms in total. The van der Waals surface area contributed by atoms with Crippen LogP contribution in [0.5, 0.6) is 0 Å². The predicted molar refractivity (Wildman–Crippen MR) is 57.5 cm³/mol. The summed E-state index contributed by atoms with van der Waals surface area (Å²) in [6.07, 6.45) is -0.527. The summed E-state index contributed by atoms with van der Waals surface area (Å²) in [7, 11) is 0. The van der Waals surface area contributed by atoms with E-state index in [0.717, 1.165) is 0 Å². The molecule has 0 aromatic carbocycles. The Morgan fingerprint density at radius 1 is 1.50 bits per heavy atom. The van der Waals surface area contributed by atoms with Crippen molar-refractivity contribution in [2.24, 2.45) is 0 Å². The van der Waals surface area contributed by atoms with Crippen molar-refractivity contribution in [3.63, 3.8) is 0 Å². The number of anilines is 1. The Morgan fingerprint density at radius 3 is 2.57 bits per heavy atom. The number of ether oxygens (including phenoxy) is 1. The summed E-state index contributed by atoms with van der Waals surface area (Å²) in [5.74, 6) is 0. The maximum Gasteiger partial charge on any atom is 0.414 e. The highest BCUT2D eigenvalue weighted by Crippen LogP contribution is 2.20. The molecule has 0 saturated carbocycles. The molecule has 0 unspecified atom stereocenters. The number of amides is 1. The molecule has 0 spiro atoms. The summed E-state index contributed by atoms with van der Waals surface area (Å²) in [6, 6.07) is 0. The van der Waals surface area contributed by atoms with Crippen LogP contribution in [0.2, 0.25) is 0 Å². The molecule has 0 fully saturated rings. The zero-order valence-corrected chi connectivity index (χ0v) is 10.4. The molecule has 0 radical (unpaired) electrons. The Kier molecular flexibility index (Phi) is 3.43. The van der Waals surface area contributed by atoms with Gasteiger partial charge in [-0.3, -0.25) is 5.32 Å². The molecular weight excluding hydrogens is 270 g/mol. The summed E-state index contributed by atoms with van der Waals surface area (Å²) in [6.45, 7) is 5.38. The van der Waals surface area contributed by atoms with E-state index in [9.17, 15) is 4.79 Å². The third-order valence-corrected chi connectivity index (χ3v) is 2.28. The van der Waals surface area contributed by atoms with Crippen LogP contribution in [0.15, 0.2) is 3.92 Å². The topological polar surface area (TPSA) is 64.1 Å². The highest BCUT2D eigenvalue weighted by molar-refractivity contribution is 9.11. The van der Waals surface area contributed by atoms with Crippen LogP contribution >= 0.6 is 27.3 Å². The first kappa shape index (κ1) is 11.4. The van der Waals surface area contributed by atoms with Gasteiger partial charge in [0, 0.05) is 0 Å². The molecule has 0 aliphatic carbocycles. The van der Waals surface area contributed by atoms with Gasteiger partial charge in [0.15, 0.2) is 3.92 Å². The van der Waals surface area contributed by atoms with Gasteiger partial charge in [0.1, 0.15) is 5.60 Å². The van der Waals surface area contributed by atoms with Gasteiger partial charge in [0.2, 0.25) is 5.13 Å². The van der Waals surface area contributed by atoms with Crippen LogP contribution in [0.1, 0.15) is 20.8 Å². The van der Waals surface area contributed by atoms with Crippen molar-refractivity contribution in [1.82, 2.24) is 10.2 Å². The van der Waals surface area contributed by atoms with Crippen LogP contribution in [0.25, 0.3) is 0 Å². The zero-order valence-electron chi connectivity index (χ0n) is 8.00. The smallest absolute Gasteiger partial charge is 0.414 e. The lowest BCUT2D eigenvalue weighted by Gasteiger charge is -2.18. The van der Waals surface area contributed by atoms with Gasteiger partial charge in [-0.25, -0.2) is 4.79 Å². The van der Waals surface area contributed by atoms with Crippen molar-refractivity contribution < 1.29 is 9.53 Å². The van der Waals surface area contributed by atoms with Crippen LogP contribution in [-0.4, -0.2) is 21.9 Å². The van der Waals surface area contributed by atoms with E-state index < -0.39 is 11.7 Å². The number of rotatable bonds is 1. The minimum atomic E-state index is -0.527. The molecule has 78 valence electrons. The molecule has 0 aliphatic rings. The number of nitrogens with one attached hydrogen (secondary N) is 1. The maximum absolute atomic E-state index is 11.2. The molecular formula is C7H10BrN3O2S. The van der Waals surface area contributed by atoms with Gasteiger partial charge in [-0.05, 0) is 36.7 Å². The second-order valence-electron chi connectivity index (χ2n) is 3.49. The van der Waals surface area contributed by atoms with Crippen LogP contribution < -0.4 is 5.32 Å². The van der Waals surface area contributed by atoms with Gasteiger partial charge in [-0.15, -0.1) is 10.2 Å². The van der Waals surface area contributed by atoms with E-state index in [1.54, 1.807) is 20.8 Å². The number of aromatic nitrogens is 2. The van der Waals surface area contributed by atoms with Gasteiger partial charge < -0.3 is 4.74 Å². The molecule has 1 amide bonds. The summed E-state index contributed by atoms with van der Waals surface area (Å²) < 4.78 is 5.64. The third kappa shape index (κ3) is 4.01. The number of carbonyl (C=O) groups excluding carboxylic acids is 1. The Morgan fingerprint density at radius 2 is 2.14 bits per heavy atom. The lowest BCUT2D eigenvalue weighted by molar-refractivity contribution is 0.0636. The van der Waals surface area contributed by atoms with Crippen LogP contribution in [0.4, 0.5) is 9.93 Å². The highest BCUT2D eigenvalue weighted by Gasteiger charge is 2.17. The van der Waals surface area contributed by atoms with Crippen molar-refractivity contribution in [3.05, 3.63) is 3.92 Å². The molecule has 0 bridgehead atoms. The fraction of sp³-hybridized carbons (Fsp3) is 0.571. The predicted octanol–water partition coefficient (Wildman–Crippen LogP) is 2.65. The monoisotopic (exact) mass is 279 g/mol. The molecule has 1 rings (SSSR count). The summed E-state index contributed by atoms with van der Waals surface area (Å²) in [4.78, 5) is 11.2. The fourth-order valence-electron chi connectivity index (χ4n) is 0.647. The second kappa shape index (κ2) is 4.22. The number of hydrogen-bond donors (Lipinski definition) is 1. The van der Waals surface area contributed by atoms with E-state index >= 15 is 0 Å². The molecule has 0 saturated heterocycles. The lowest BCUT2D eigenvalue weighted by Crippen LogP contribution is -2.27. The van der Waals surface area contributed by atoms with E-state index in [2.05, 4.69) is 31.4 Å². The minimum absolute atomic E-state index is 0.408. The van der Waals surface area contributed by atoms with E-state index in [1.165, 1.54) is 11.3 Å². The SMILES string of the molecule is CC(C)(C)OC(=O)Nc1nnc(Br)s1. The molecule has 14 heavy (non-hydrogen) atoms. The first-order valence-electron chi connectivity index (χ1n) is 3.86. The first-order valence-corrected chi connectivity index (χ1v) is 5.47. The van der Waals surface area contributed by atoms with E-state index in [0.29, 0.717) is 9.05 Å². The van der Waals surface area contributed by atoms with Gasteiger partial charge >= 0.3 is 6.09 Å². The Hall–Kier alpha value is -0.690. The number of nitrogens with zero attached hydrogens (tertiary/aromatic N) is 2. The van der Waals surface area contributed by atoms with E-state index in [4.69, 9.17) is 4.74 Å². The normalized spacial score (nSPS) is 11.1. The van der Waals surface area contributed by atoms with Crippen molar-refractivity contribution in [2.45, 2.75) is 26.4 Å². The van der Waals surface area contributed by atoms with Gasteiger partial charge in [0.25, 0.3) is 0 Å². The maximum atomic E-state index is 11.2. The third-order valence-electron chi connectivity index (χ3n) is 1.01. The highest BCUT2D eigenvalue weighted by atomic mass is 79.9. The molecule has 1 heterocycles. The zero-order chi connectivity index (χ0) is 10.8. The molecule has 1 N–H and O–H groups in total. The molecule has 1 aromatic heterocycles. The Balaban J connectivity index is 2.50. The fourth-order valence-corrected chi connectivity index (χ4v) is 1.64. The average molecular weight is 280 g/mol.